The molecule has 0 atom stereocenters. The van der Waals surface area contributed by atoms with Crippen LogP contribution >= 0.6 is 0 Å². The summed E-state index contributed by atoms with van der Waals surface area (Å²) in [5.74, 6) is 2.31. The van der Waals surface area contributed by atoms with Gasteiger partial charge in [0.1, 0.15) is 0 Å². The van der Waals surface area contributed by atoms with Crippen LogP contribution in [-0.2, 0) is 0 Å². The summed E-state index contributed by atoms with van der Waals surface area (Å²) in [5.41, 5.74) is 7.96. The standard InChI is InChI=1S/C9H8N/c1-3-8-6-9(10)5-4-7(8)2/h4-6H,10H2,2H3. The Morgan fingerprint density at radius 2 is 2.20 bits per heavy atom. The molecule has 0 aliphatic heterocycles. The number of hydrogen-bond acceptors (Lipinski definition) is 1. The maximum absolute atomic E-state index is 6.88. The van der Waals surface area contributed by atoms with Crippen molar-refractivity contribution in [2.75, 3.05) is 5.73 Å². The van der Waals surface area contributed by atoms with Gasteiger partial charge in [-0.25, -0.2) is 0 Å². The molecule has 1 aromatic carbocycles. The van der Waals surface area contributed by atoms with Crippen LogP contribution in [0.15, 0.2) is 18.2 Å². The zero-order chi connectivity index (χ0) is 7.56. The first-order chi connectivity index (χ1) is 4.74. The molecule has 0 saturated carbocycles. The Bertz CT molecular complexity index is 281. The molecule has 0 aromatic heterocycles. The zero-order valence-corrected chi connectivity index (χ0v) is 5.81. The van der Waals surface area contributed by atoms with Gasteiger partial charge in [-0.15, -0.1) is 0 Å². The van der Waals surface area contributed by atoms with E-state index in [-0.39, 0.29) is 0 Å². The lowest BCUT2D eigenvalue weighted by atomic mass is 10.1. The average molecular weight is 130 g/mol. The quantitative estimate of drug-likeness (QED) is 0.418. The van der Waals surface area contributed by atoms with E-state index in [1.54, 1.807) is 6.07 Å². The molecule has 0 spiro atoms. The third kappa shape index (κ3) is 1.11. The van der Waals surface area contributed by atoms with Gasteiger partial charge in [0.25, 0.3) is 0 Å². The third-order valence-electron chi connectivity index (χ3n) is 1.40. The lowest BCUT2D eigenvalue weighted by molar-refractivity contribution is 1.44. The minimum atomic E-state index is 0.681. The van der Waals surface area contributed by atoms with Crippen molar-refractivity contribution in [3.63, 3.8) is 0 Å². The Labute approximate surface area is 60.9 Å². The molecule has 0 bridgehead atoms. The number of aryl methyl sites for hydroxylation is 1. The Kier molecular flexibility index (Phi) is 1.64. The van der Waals surface area contributed by atoms with E-state index in [2.05, 4.69) is 5.92 Å². The summed E-state index contributed by atoms with van der Waals surface area (Å²) in [4.78, 5) is 0. The molecule has 10 heavy (non-hydrogen) atoms. The van der Waals surface area contributed by atoms with Crippen molar-refractivity contribution in [3.8, 4) is 5.92 Å². The van der Waals surface area contributed by atoms with Gasteiger partial charge in [-0.3, -0.25) is 0 Å². The van der Waals surface area contributed by atoms with Gasteiger partial charge in [-0.1, -0.05) is 12.0 Å². The van der Waals surface area contributed by atoms with Crippen LogP contribution in [0.5, 0.6) is 0 Å². The van der Waals surface area contributed by atoms with Crippen LogP contribution in [0.1, 0.15) is 11.1 Å². The molecular weight excluding hydrogens is 122 g/mol. The topological polar surface area (TPSA) is 26.0 Å². The van der Waals surface area contributed by atoms with Crippen LogP contribution in [-0.4, -0.2) is 0 Å². The molecule has 0 aliphatic carbocycles. The van der Waals surface area contributed by atoms with Crippen LogP contribution < -0.4 is 5.73 Å². The van der Waals surface area contributed by atoms with Crippen LogP contribution in [0.4, 0.5) is 5.69 Å². The molecule has 1 aromatic rings. The Morgan fingerprint density at radius 1 is 1.50 bits per heavy atom. The summed E-state index contributed by atoms with van der Waals surface area (Å²) >= 11 is 0. The largest absolute Gasteiger partial charge is 0.399 e. The molecule has 1 heteroatoms. The third-order valence-corrected chi connectivity index (χ3v) is 1.40. The fourth-order valence-corrected chi connectivity index (χ4v) is 0.774. The fraction of sp³-hybridized carbons (Fsp3) is 0.111. The Balaban J connectivity index is 3.25. The number of nitrogens with two attached hydrogens (primary N) is 1. The highest BCUT2D eigenvalue weighted by Gasteiger charge is 1.92. The molecular formula is C9H8N. The second-order valence-corrected chi connectivity index (χ2v) is 2.20. The van der Waals surface area contributed by atoms with Gasteiger partial charge in [-0.05, 0) is 31.0 Å². The first-order valence-corrected chi connectivity index (χ1v) is 3.03. The normalized spacial score (nSPS) is 8.80. The summed E-state index contributed by atoms with van der Waals surface area (Å²) in [7, 11) is 0. The molecule has 1 radical (unpaired) electrons. The minimum Gasteiger partial charge on any atom is -0.399 e. The van der Waals surface area contributed by atoms with E-state index in [1.807, 2.05) is 19.1 Å². The van der Waals surface area contributed by atoms with E-state index in [0.717, 1.165) is 11.1 Å². The predicted molar refractivity (Wildman–Crippen MR) is 41.8 cm³/mol. The maximum Gasteiger partial charge on any atom is 0.0326 e. The second-order valence-electron chi connectivity index (χ2n) is 2.20. The van der Waals surface area contributed by atoms with Crippen molar-refractivity contribution >= 4 is 5.69 Å². The highest BCUT2D eigenvalue weighted by atomic mass is 14.5. The van der Waals surface area contributed by atoms with Crippen molar-refractivity contribution in [2.24, 2.45) is 0 Å². The van der Waals surface area contributed by atoms with Gasteiger partial charge in [0.15, 0.2) is 0 Å². The van der Waals surface area contributed by atoms with Crippen molar-refractivity contribution in [2.45, 2.75) is 6.92 Å². The smallest absolute Gasteiger partial charge is 0.0326 e. The molecule has 49 valence electrons. The molecule has 0 heterocycles. The number of nitrogen functional groups attached to an aromatic ring is 1. The van der Waals surface area contributed by atoms with Gasteiger partial charge >= 0.3 is 0 Å². The second kappa shape index (κ2) is 2.45. The SMILES string of the molecule is [C]#Cc1cc(N)ccc1C. The summed E-state index contributed by atoms with van der Waals surface area (Å²) in [6, 6.07) is 5.44. The van der Waals surface area contributed by atoms with Crippen LogP contribution in [0.25, 0.3) is 0 Å². The number of benzene rings is 1. The molecule has 0 aliphatic rings. The predicted octanol–water partition coefficient (Wildman–Crippen LogP) is 1.52. The summed E-state index contributed by atoms with van der Waals surface area (Å²) in [5, 5.41) is 0. The highest BCUT2D eigenvalue weighted by molar-refractivity contribution is 5.49. The summed E-state index contributed by atoms with van der Waals surface area (Å²) in [6.45, 7) is 1.93. The van der Waals surface area contributed by atoms with E-state index >= 15 is 0 Å². The molecule has 0 fully saturated rings. The number of anilines is 1. The fourth-order valence-electron chi connectivity index (χ4n) is 0.774. The van der Waals surface area contributed by atoms with Gasteiger partial charge in [0.2, 0.25) is 0 Å². The molecule has 0 unspecified atom stereocenters. The van der Waals surface area contributed by atoms with Crippen molar-refractivity contribution in [1.29, 1.82) is 0 Å². The molecule has 0 amide bonds. The van der Waals surface area contributed by atoms with Crippen LogP contribution in [0.3, 0.4) is 0 Å². The van der Waals surface area contributed by atoms with E-state index in [9.17, 15) is 0 Å². The van der Waals surface area contributed by atoms with Gasteiger partial charge in [-0.2, -0.15) is 0 Å². The van der Waals surface area contributed by atoms with E-state index < -0.39 is 0 Å². The minimum absolute atomic E-state index is 0.681. The van der Waals surface area contributed by atoms with Crippen LogP contribution in [0, 0.1) is 19.3 Å². The zero-order valence-electron chi connectivity index (χ0n) is 5.81. The van der Waals surface area contributed by atoms with E-state index in [1.165, 1.54) is 0 Å². The van der Waals surface area contributed by atoms with Gasteiger partial charge < -0.3 is 5.73 Å². The lowest BCUT2D eigenvalue weighted by Gasteiger charge is -1.97. The average Bonchev–Trinajstić information content (AvgIpc) is 1.94. The molecule has 1 rings (SSSR count). The van der Waals surface area contributed by atoms with Crippen molar-refractivity contribution in [1.82, 2.24) is 0 Å². The Morgan fingerprint density at radius 3 is 2.70 bits per heavy atom. The summed E-state index contributed by atoms with van der Waals surface area (Å²) < 4.78 is 0. The van der Waals surface area contributed by atoms with E-state index in [0.29, 0.717) is 5.69 Å². The van der Waals surface area contributed by atoms with Gasteiger partial charge in [0.05, 0.1) is 0 Å². The number of hydrogen-bond donors (Lipinski definition) is 1. The monoisotopic (exact) mass is 130 g/mol. The van der Waals surface area contributed by atoms with E-state index in [4.69, 9.17) is 12.2 Å². The summed E-state index contributed by atoms with van der Waals surface area (Å²) in [6.07, 6.45) is 6.88. The first-order valence-electron chi connectivity index (χ1n) is 3.03. The van der Waals surface area contributed by atoms with Crippen LogP contribution in [0.2, 0.25) is 0 Å². The maximum atomic E-state index is 6.88. The first kappa shape index (κ1) is 6.70. The molecule has 2 N–H and O–H groups in total. The highest BCUT2D eigenvalue weighted by Crippen LogP contribution is 2.10. The molecule has 1 nitrogen and oxygen atoms in total. The number of rotatable bonds is 0. The molecule has 0 saturated heterocycles. The van der Waals surface area contributed by atoms with Crippen molar-refractivity contribution < 1.29 is 0 Å². The lowest BCUT2D eigenvalue weighted by Crippen LogP contribution is -1.87. The van der Waals surface area contributed by atoms with Gasteiger partial charge in [0, 0.05) is 11.3 Å². The Hall–Kier alpha value is -1.42. The van der Waals surface area contributed by atoms with Crippen molar-refractivity contribution in [3.05, 3.63) is 35.7 Å².